The molecule has 29 heavy (non-hydrogen) atoms. The highest BCUT2D eigenvalue weighted by Gasteiger charge is 2.35. The van der Waals surface area contributed by atoms with Gasteiger partial charge in [-0.05, 0) is 34.8 Å². The number of fused-ring (bicyclic) bond motifs is 2. The Kier molecular flexibility index (Phi) is 6.85. The first-order chi connectivity index (χ1) is 14.0. The Hall–Kier alpha value is -2.47. The summed E-state index contributed by atoms with van der Waals surface area (Å²) in [6, 6.07) is 8.47. The molecule has 0 unspecified atom stereocenters. The van der Waals surface area contributed by atoms with Crippen molar-refractivity contribution in [2.45, 2.75) is 39.5 Å². The first kappa shape index (κ1) is 21.2. The number of benzene rings is 2. The van der Waals surface area contributed by atoms with E-state index in [1.54, 1.807) is 30.3 Å². The highest BCUT2D eigenvalue weighted by molar-refractivity contribution is 9.10. The van der Waals surface area contributed by atoms with Crippen LogP contribution in [-0.4, -0.2) is 30.6 Å². The molecule has 2 aromatic carbocycles. The van der Waals surface area contributed by atoms with Crippen molar-refractivity contribution in [1.82, 2.24) is 5.32 Å². The van der Waals surface area contributed by atoms with E-state index in [1.807, 2.05) is 0 Å². The Bertz CT molecular complexity index is 969. The highest BCUT2D eigenvalue weighted by atomic mass is 79.9. The molecule has 2 aromatic rings. The largest absolute Gasteiger partial charge is 0.384 e. The molecule has 0 aliphatic heterocycles. The predicted molar refractivity (Wildman–Crippen MR) is 118 cm³/mol. The minimum absolute atomic E-state index is 0.210. The van der Waals surface area contributed by atoms with E-state index in [2.05, 4.69) is 40.4 Å². The monoisotopic (exact) mass is 456 g/mol. The number of carbonyl (C=O) groups excluding carboxylic acids is 3. The van der Waals surface area contributed by atoms with Gasteiger partial charge in [0.15, 0.2) is 11.6 Å². The van der Waals surface area contributed by atoms with Crippen LogP contribution in [0.15, 0.2) is 34.8 Å². The zero-order chi connectivity index (χ0) is 21.0. The van der Waals surface area contributed by atoms with Crippen LogP contribution in [0, 0.1) is 0 Å². The minimum atomic E-state index is -0.250. The van der Waals surface area contributed by atoms with Crippen molar-refractivity contribution in [3.05, 3.63) is 62.6 Å². The molecule has 0 saturated carbocycles. The van der Waals surface area contributed by atoms with Crippen LogP contribution in [0.25, 0.3) is 0 Å². The lowest BCUT2D eigenvalue weighted by molar-refractivity contribution is 0.0951. The Morgan fingerprint density at radius 1 is 0.931 bits per heavy atom. The smallest absolute Gasteiger partial charge is 0.253 e. The molecular formula is C23H25BrN2O3. The number of hydrogen-bond acceptors (Lipinski definition) is 4. The van der Waals surface area contributed by atoms with Gasteiger partial charge in [-0.1, -0.05) is 51.0 Å². The average molecular weight is 457 g/mol. The molecule has 3 rings (SSSR count). The van der Waals surface area contributed by atoms with Crippen molar-refractivity contribution < 1.29 is 14.4 Å². The first-order valence-electron chi connectivity index (χ1n) is 10.1. The number of hydrogen-bond donors (Lipinski definition) is 2. The molecule has 1 aliphatic rings. The summed E-state index contributed by atoms with van der Waals surface area (Å²) >= 11 is 3.44. The minimum Gasteiger partial charge on any atom is -0.384 e. The second kappa shape index (κ2) is 9.35. The lowest BCUT2D eigenvalue weighted by atomic mass is 9.82. The van der Waals surface area contributed by atoms with Crippen LogP contribution < -0.4 is 10.6 Å². The SMILES string of the molecule is CCCCNC(=O)c1cc(Br)c2c(c1NCCCC)C(=O)c1ccccc1C2=O. The number of amides is 1. The number of carbonyl (C=O) groups is 3. The lowest BCUT2D eigenvalue weighted by Crippen LogP contribution is -2.29. The zero-order valence-corrected chi connectivity index (χ0v) is 18.3. The van der Waals surface area contributed by atoms with Gasteiger partial charge in [0.1, 0.15) is 0 Å². The summed E-state index contributed by atoms with van der Waals surface area (Å²) in [7, 11) is 0. The van der Waals surface area contributed by atoms with E-state index in [-0.39, 0.29) is 23.0 Å². The summed E-state index contributed by atoms with van der Waals surface area (Å²) in [5.74, 6) is -0.697. The molecule has 1 amide bonds. The molecule has 1 aliphatic carbocycles. The van der Waals surface area contributed by atoms with Crippen molar-refractivity contribution in [2.75, 3.05) is 18.4 Å². The summed E-state index contributed by atoms with van der Waals surface area (Å²) in [6.07, 6.45) is 3.71. The summed E-state index contributed by atoms with van der Waals surface area (Å²) in [6.45, 7) is 5.31. The van der Waals surface area contributed by atoms with Crippen molar-refractivity contribution in [2.24, 2.45) is 0 Å². The quantitative estimate of drug-likeness (QED) is 0.469. The summed E-state index contributed by atoms with van der Waals surface area (Å²) in [5, 5.41) is 6.18. The maximum Gasteiger partial charge on any atom is 0.253 e. The average Bonchev–Trinajstić information content (AvgIpc) is 2.72. The van der Waals surface area contributed by atoms with E-state index < -0.39 is 0 Å². The molecule has 0 bridgehead atoms. The Balaban J connectivity index is 2.15. The van der Waals surface area contributed by atoms with Gasteiger partial charge < -0.3 is 10.6 Å². The fourth-order valence-corrected chi connectivity index (χ4v) is 4.08. The van der Waals surface area contributed by atoms with Crippen LogP contribution in [0.3, 0.4) is 0 Å². The van der Waals surface area contributed by atoms with Gasteiger partial charge >= 0.3 is 0 Å². The Morgan fingerprint density at radius 3 is 2.14 bits per heavy atom. The van der Waals surface area contributed by atoms with E-state index in [0.29, 0.717) is 45.5 Å². The van der Waals surface area contributed by atoms with E-state index in [4.69, 9.17) is 0 Å². The van der Waals surface area contributed by atoms with Gasteiger partial charge in [-0.15, -0.1) is 0 Å². The molecule has 0 heterocycles. The van der Waals surface area contributed by atoms with Gasteiger partial charge in [0, 0.05) is 28.7 Å². The first-order valence-corrected chi connectivity index (χ1v) is 10.9. The van der Waals surface area contributed by atoms with Gasteiger partial charge in [-0.2, -0.15) is 0 Å². The molecule has 2 N–H and O–H groups in total. The number of halogens is 1. The predicted octanol–water partition coefficient (Wildman–Crippen LogP) is 4.97. The normalized spacial score (nSPS) is 12.4. The van der Waals surface area contributed by atoms with Crippen molar-refractivity contribution in [1.29, 1.82) is 0 Å². The fraction of sp³-hybridized carbons (Fsp3) is 0.348. The molecule has 152 valence electrons. The van der Waals surface area contributed by atoms with E-state index in [0.717, 1.165) is 25.7 Å². The van der Waals surface area contributed by atoms with Crippen LogP contribution in [0.5, 0.6) is 0 Å². The van der Waals surface area contributed by atoms with Crippen LogP contribution >= 0.6 is 15.9 Å². The number of rotatable bonds is 8. The van der Waals surface area contributed by atoms with Crippen molar-refractivity contribution in [3.8, 4) is 0 Å². The van der Waals surface area contributed by atoms with Crippen LogP contribution in [0.1, 0.15) is 81.7 Å². The summed E-state index contributed by atoms with van der Waals surface area (Å²) in [5.41, 5.74) is 2.18. The third-order valence-electron chi connectivity index (χ3n) is 5.04. The van der Waals surface area contributed by atoms with E-state index in [1.165, 1.54) is 0 Å². The summed E-state index contributed by atoms with van der Waals surface area (Å²) in [4.78, 5) is 39.4. The van der Waals surface area contributed by atoms with E-state index in [9.17, 15) is 14.4 Å². The maximum atomic E-state index is 13.3. The zero-order valence-electron chi connectivity index (χ0n) is 16.7. The standard InChI is InChI=1S/C23H25BrN2O3/c1-3-5-11-25-20-16(23(29)26-12-6-4-2)13-17(24)18-19(20)22(28)15-10-8-7-9-14(15)21(18)27/h7-10,13,25H,3-6,11-12H2,1-2H3,(H,26,29). The molecule has 0 aromatic heterocycles. The molecule has 0 radical (unpaired) electrons. The number of anilines is 1. The maximum absolute atomic E-state index is 13.3. The van der Waals surface area contributed by atoms with Crippen LogP contribution in [0.4, 0.5) is 5.69 Å². The fourth-order valence-electron chi connectivity index (χ4n) is 3.47. The van der Waals surface area contributed by atoms with Gasteiger partial charge in [0.2, 0.25) is 0 Å². The topological polar surface area (TPSA) is 75.3 Å². The molecule has 0 saturated heterocycles. The Morgan fingerprint density at radius 2 is 1.52 bits per heavy atom. The lowest BCUT2D eigenvalue weighted by Gasteiger charge is -2.24. The van der Waals surface area contributed by atoms with Crippen molar-refractivity contribution in [3.63, 3.8) is 0 Å². The molecule has 0 fully saturated rings. The highest BCUT2D eigenvalue weighted by Crippen LogP contribution is 2.38. The molecule has 5 nitrogen and oxygen atoms in total. The van der Waals surface area contributed by atoms with Crippen LogP contribution in [0.2, 0.25) is 0 Å². The number of unbranched alkanes of at least 4 members (excludes halogenated alkanes) is 2. The summed E-state index contributed by atoms with van der Waals surface area (Å²) < 4.78 is 0.460. The molecule has 0 atom stereocenters. The molecule has 0 spiro atoms. The Labute approximate surface area is 179 Å². The third kappa shape index (κ3) is 4.13. The second-order valence-corrected chi connectivity index (χ2v) is 7.98. The van der Waals surface area contributed by atoms with Gasteiger partial charge in [-0.3, -0.25) is 14.4 Å². The molecular weight excluding hydrogens is 432 g/mol. The van der Waals surface area contributed by atoms with E-state index >= 15 is 0 Å². The number of nitrogens with one attached hydrogen (secondary N) is 2. The van der Waals surface area contributed by atoms with Gasteiger partial charge in [0.25, 0.3) is 5.91 Å². The molecule has 6 heteroatoms. The van der Waals surface area contributed by atoms with Gasteiger partial charge in [-0.25, -0.2) is 0 Å². The number of ketones is 2. The van der Waals surface area contributed by atoms with Crippen molar-refractivity contribution >= 4 is 39.1 Å². The second-order valence-electron chi connectivity index (χ2n) is 7.12. The van der Waals surface area contributed by atoms with Crippen LogP contribution in [-0.2, 0) is 0 Å². The third-order valence-corrected chi connectivity index (χ3v) is 5.67. The van der Waals surface area contributed by atoms with Gasteiger partial charge in [0.05, 0.1) is 22.4 Å².